The van der Waals surface area contributed by atoms with Crippen LogP contribution in [0, 0.1) is 0 Å². The predicted molar refractivity (Wildman–Crippen MR) is 82.9 cm³/mol. The van der Waals surface area contributed by atoms with E-state index in [0.717, 1.165) is 12.1 Å². The van der Waals surface area contributed by atoms with Crippen LogP contribution < -0.4 is 10.2 Å². The number of benzene rings is 1. The summed E-state index contributed by atoms with van der Waals surface area (Å²) in [6, 6.07) is 3.39. The summed E-state index contributed by atoms with van der Waals surface area (Å²) in [5.41, 5.74) is -1.44. The highest BCUT2D eigenvalue weighted by molar-refractivity contribution is 6.63. The number of alkyl halides is 3. The van der Waals surface area contributed by atoms with E-state index in [1.54, 1.807) is 13.8 Å². The van der Waals surface area contributed by atoms with Crippen LogP contribution in [0.15, 0.2) is 18.2 Å². The van der Waals surface area contributed by atoms with Gasteiger partial charge in [0.2, 0.25) is 0 Å². The van der Waals surface area contributed by atoms with E-state index in [1.165, 1.54) is 6.07 Å². The number of halogens is 3. The maximum atomic E-state index is 12.9. The zero-order valence-corrected chi connectivity index (χ0v) is 14.2. The highest BCUT2D eigenvalue weighted by Gasteiger charge is 2.52. The Morgan fingerprint density at radius 3 is 2.00 bits per heavy atom. The molecule has 0 bridgehead atoms. The summed E-state index contributed by atoms with van der Waals surface area (Å²) in [7, 11) is -0.768. The average Bonchev–Trinajstić information content (AvgIpc) is 2.56. The number of ether oxygens (including phenoxy) is 1. The molecule has 1 aliphatic rings. The molecule has 0 spiro atoms. The molecule has 0 N–H and O–H groups in total. The molecule has 2 rings (SSSR count). The standard InChI is InChI=1S/C16H22BF3O3/c1-10(2)21-13-9-11(16(18,19)20)7-8-12(13)17-22-14(3,4)15(5,6)23-17/h7-10H,1-6H3. The van der Waals surface area contributed by atoms with Gasteiger partial charge in [0.1, 0.15) is 5.75 Å². The molecular formula is C16H22BF3O3. The largest absolute Gasteiger partial charge is 0.498 e. The van der Waals surface area contributed by atoms with Crippen LogP contribution in [0.25, 0.3) is 0 Å². The maximum Gasteiger partial charge on any atom is 0.498 e. The molecule has 0 aromatic heterocycles. The molecule has 23 heavy (non-hydrogen) atoms. The van der Waals surface area contributed by atoms with Gasteiger partial charge in [-0.1, -0.05) is 12.1 Å². The molecule has 128 valence electrons. The fourth-order valence-corrected chi connectivity index (χ4v) is 2.23. The highest BCUT2D eigenvalue weighted by atomic mass is 19.4. The van der Waals surface area contributed by atoms with Crippen LogP contribution in [0.5, 0.6) is 5.75 Å². The minimum atomic E-state index is -4.43. The van der Waals surface area contributed by atoms with Crippen molar-refractivity contribution in [3.63, 3.8) is 0 Å². The molecule has 1 heterocycles. The molecule has 3 nitrogen and oxygen atoms in total. The van der Waals surface area contributed by atoms with Crippen LogP contribution in [-0.2, 0) is 15.5 Å². The molecule has 7 heteroatoms. The third kappa shape index (κ3) is 3.66. The topological polar surface area (TPSA) is 27.7 Å². The summed E-state index contributed by atoms with van der Waals surface area (Å²) >= 11 is 0. The Hall–Kier alpha value is -1.21. The molecule has 1 aliphatic heterocycles. The molecule has 1 fully saturated rings. The SMILES string of the molecule is CC(C)Oc1cc(C(F)(F)F)ccc1B1OC(C)(C)C(C)(C)O1. The second kappa shape index (κ2) is 5.70. The minimum absolute atomic E-state index is 0.133. The van der Waals surface area contributed by atoms with Gasteiger partial charge in [0.05, 0.1) is 22.9 Å². The zero-order valence-electron chi connectivity index (χ0n) is 14.2. The third-order valence-corrected chi connectivity index (χ3v) is 4.21. The summed E-state index contributed by atoms with van der Waals surface area (Å²) in [4.78, 5) is 0. The van der Waals surface area contributed by atoms with E-state index in [1.807, 2.05) is 27.7 Å². The second-order valence-corrected chi connectivity index (χ2v) is 7.01. The van der Waals surface area contributed by atoms with Crippen molar-refractivity contribution in [2.24, 2.45) is 0 Å². The van der Waals surface area contributed by atoms with E-state index in [2.05, 4.69) is 0 Å². The fourth-order valence-electron chi connectivity index (χ4n) is 2.23. The Balaban J connectivity index is 2.43. The summed E-state index contributed by atoms with van der Waals surface area (Å²) in [6.45, 7) is 11.1. The van der Waals surface area contributed by atoms with E-state index >= 15 is 0 Å². The van der Waals surface area contributed by atoms with Crippen molar-refractivity contribution in [3.05, 3.63) is 23.8 Å². The average molecular weight is 330 g/mol. The summed E-state index contributed by atoms with van der Waals surface area (Å²) < 4.78 is 56.2. The Kier molecular flexibility index (Phi) is 4.50. The first-order chi connectivity index (χ1) is 10.3. The Labute approximate surface area is 135 Å². The van der Waals surface area contributed by atoms with E-state index in [9.17, 15) is 13.2 Å². The van der Waals surface area contributed by atoms with Gasteiger partial charge in [-0.25, -0.2) is 0 Å². The van der Waals surface area contributed by atoms with Crippen molar-refractivity contribution in [1.29, 1.82) is 0 Å². The molecular weight excluding hydrogens is 308 g/mol. The van der Waals surface area contributed by atoms with Crippen molar-refractivity contribution >= 4 is 12.6 Å². The molecule has 0 amide bonds. The van der Waals surface area contributed by atoms with Gasteiger partial charge in [0.25, 0.3) is 0 Å². The van der Waals surface area contributed by atoms with Crippen LogP contribution >= 0.6 is 0 Å². The lowest BCUT2D eigenvalue weighted by atomic mass is 9.78. The van der Waals surface area contributed by atoms with Crippen molar-refractivity contribution in [3.8, 4) is 5.75 Å². The monoisotopic (exact) mass is 330 g/mol. The van der Waals surface area contributed by atoms with Crippen LogP contribution in [0.2, 0.25) is 0 Å². The van der Waals surface area contributed by atoms with Crippen molar-refractivity contribution in [2.45, 2.75) is 65.0 Å². The van der Waals surface area contributed by atoms with E-state index in [4.69, 9.17) is 14.0 Å². The molecule has 0 radical (unpaired) electrons. The normalized spacial score (nSPS) is 20.2. The number of hydrogen-bond acceptors (Lipinski definition) is 3. The van der Waals surface area contributed by atoms with E-state index < -0.39 is 30.1 Å². The number of hydrogen-bond donors (Lipinski definition) is 0. The quantitative estimate of drug-likeness (QED) is 0.789. The lowest BCUT2D eigenvalue weighted by Crippen LogP contribution is -2.41. The third-order valence-electron chi connectivity index (χ3n) is 4.21. The summed E-state index contributed by atoms with van der Waals surface area (Å²) in [5, 5.41) is 0. The predicted octanol–water partition coefficient (Wildman–Crippen LogP) is 3.79. The van der Waals surface area contributed by atoms with Crippen LogP contribution in [0.1, 0.15) is 47.1 Å². The Bertz CT molecular complexity index is 566. The lowest BCUT2D eigenvalue weighted by molar-refractivity contribution is -0.137. The molecule has 0 aliphatic carbocycles. The van der Waals surface area contributed by atoms with Crippen LogP contribution in [0.4, 0.5) is 13.2 Å². The van der Waals surface area contributed by atoms with Crippen molar-refractivity contribution in [2.75, 3.05) is 0 Å². The van der Waals surface area contributed by atoms with Gasteiger partial charge in [-0.05, 0) is 47.6 Å². The van der Waals surface area contributed by atoms with Gasteiger partial charge in [-0.15, -0.1) is 0 Å². The first-order valence-electron chi connectivity index (χ1n) is 7.57. The highest BCUT2D eigenvalue weighted by Crippen LogP contribution is 2.38. The van der Waals surface area contributed by atoms with Gasteiger partial charge in [-0.3, -0.25) is 0 Å². The minimum Gasteiger partial charge on any atom is -0.491 e. The fraction of sp³-hybridized carbons (Fsp3) is 0.625. The Morgan fingerprint density at radius 2 is 1.57 bits per heavy atom. The number of rotatable bonds is 3. The summed E-state index contributed by atoms with van der Waals surface area (Å²) in [5.74, 6) is 0.133. The van der Waals surface area contributed by atoms with E-state index in [0.29, 0.717) is 5.46 Å². The van der Waals surface area contributed by atoms with Gasteiger partial charge >= 0.3 is 13.3 Å². The van der Waals surface area contributed by atoms with Gasteiger partial charge in [0.15, 0.2) is 0 Å². The zero-order chi connectivity index (χ0) is 17.6. The van der Waals surface area contributed by atoms with Gasteiger partial charge < -0.3 is 14.0 Å². The molecule has 0 atom stereocenters. The maximum absolute atomic E-state index is 12.9. The van der Waals surface area contributed by atoms with Gasteiger partial charge in [0, 0.05) is 5.46 Å². The van der Waals surface area contributed by atoms with Crippen LogP contribution in [0.3, 0.4) is 0 Å². The first kappa shape index (κ1) is 18.1. The molecule has 0 unspecified atom stereocenters. The molecule has 0 saturated carbocycles. The Morgan fingerprint density at radius 1 is 1.04 bits per heavy atom. The second-order valence-electron chi connectivity index (χ2n) is 7.01. The first-order valence-corrected chi connectivity index (χ1v) is 7.57. The van der Waals surface area contributed by atoms with Crippen molar-refractivity contribution in [1.82, 2.24) is 0 Å². The molecule has 1 saturated heterocycles. The summed E-state index contributed by atoms with van der Waals surface area (Å²) in [6.07, 6.45) is -4.69. The van der Waals surface area contributed by atoms with Crippen LogP contribution in [-0.4, -0.2) is 24.4 Å². The lowest BCUT2D eigenvalue weighted by Gasteiger charge is -2.32. The van der Waals surface area contributed by atoms with Gasteiger partial charge in [-0.2, -0.15) is 13.2 Å². The van der Waals surface area contributed by atoms with E-state index in [-0.39, 0.29) is 11.9 Å². The molecule has 1 aromatic carbocycles. The molecule has 1 aromatic rings. The smallest absolute Gasteiger partial charge is 0.491 e. The van der Waals surface area contributed by atoms with Crippen molar-refractivity contribution < 1.29 is 27.2 Å².